The molecule has 0 N–H and O–H groups in total. The number of nitro benzene ring substituents is 1. The summed E-state index contributed by atoms with van der Waals surface area (Å²) in [7, 11) is 0. The summed E-state index contributed by atoms with van der Waals surface area (Å²) in [5, 5.41) is 24.4. The minimum absolute atomic E-state index is 0.0353. The zero-order valence-corrected chi connectivity index (χ0v) is 11.5. The van der Waals surface area contributed by atoms with Gasteiger partial charge in [-0.2, -0.15) is 10.4 Å². The van der Waals surface area contributed by atoms with E-state index in [-0.39, 0.29) is 27.5 Å². The molecule has 3 rings (SSSR count). The Morgan fingerprint density at radius 2 is 2.18 bits per heavy atom. The van der Waals surface area contributed by atoms with Gasteiger partial charge in [0.05, 0.1) is 21.7 Å². The molecule has 0 aliphatic rings. The summed E-state index contributed by atoms with van der Waals surface area (Å²) in [5.41, 5.74) is -0.145. The fraction of sp³-hybridized carbons (Fsp3) is 0. The molecule has 22 heavy (non-hydrogen) atoms. The number of nitriles is 1. The Labute approximate surface area is 127 Å². The fourth-order valence-corrected chi connectivity index (χ4v) is 2.33. The maximum absolute atomic E-state index is 13.6. The van der Waals surface area contributed by atoms with Crippen LogP contribution in [0.15, 0.2) is 30.7 Å². The van der Waals surface area contributed by atoms with Crippen LogP contribution in [0.4, 0.5) is 10.1 Å². The molecule has 2 aromatic heterocycles. The second-order valence-corrected chi connectivity index (χ2v) is 4.73. The van der Waals surface area contributed by atoms with Gasteiger partial charge in [0.25, 0.3) is 5.69 Å². The molecule has 0 radical (unpaired) electrons. The van der Waals surface area contributed by atoms with Crippen molar-refractivity contribution < 1.29 is 9.31 Å². The van der Waals surface area contributed by atoms with E-state index >= 15 is 0 Å². The highest BCUT2D eigenvalue weighted by molar-refractivity contribution is 6.32. The largest absolute Gasteiger partial charge is 0.272 e. The zero-order valence-electron chi connectivity index (χ0n) is 10.7. The average molecular weight is 318 g/mol. The fourth-order valence-electron chi connectivity index (χ4n) is 2.03. The molecule has 108 valence electrons. The van der Waals surface area contributed by atoms with Crippen LogP contribution in [0, 0.1) is 27.3 Å². The third-order valence-corrected chi connectivity index (χ3v) is 3.27. The van der Waals surface area contributed by atoms with Gasteiger partial charge in [-0.05, 0) is 0 Å². The first-order valence-corrected chi connectivity index (χ1v) is 6.26. The second-order valence-electron chi connectivity index (χ2n) is 4.33. The molecule has 0 aliphatic heterocycles. The first-order valence-electron chi connectivity index (χ1n) is 5.88. The highest BCUT2D eigenvalue weighted by atomic mass is 35.5. The maximum Gasteiger partial charge on any atom is 0.272 e. The molecule has 0 aliphatic carbocycles. The van der Waals surface area contributed by atoms with E-state index in [4.69, 9.17) is 11.6 Å². The van der Waals surface area contributed by atoms with Crippen LogP contribution < -0.4 is 0 Å². The van der Waals surface area contributed by atoms with Gasteiger partial charge >= 0.3 is 0 Å². The lowest BCUT2D eigenvalue weighted by Crippen LogP contribution is -2.01. The van der Waals surface area contributed by atoms with Crippen molar-refractivity contribution in [3.8, 4) is 11.8 Å². The lowest BCUT2D eigenvalue weighted by atomic mass is 10.1. The highest BCUT2D eigenvalue weighted by Gasteiger charge is 2.18. The number of hydrogen-bond donors (Lipinski definition) is 0. The van der Waals surface area contributed by atoms with Gasteiger partial charge in [0.1, 0.15) is 17.3 Å². The number of nitrogens with zero attached hydrogens (tertiary/aromatic N) is 5. The number of halogens is 2. The maximum atomic E-state index is 13.6. The van der Waals surface area contributed by atoms with Gasteiger partial charge in [-0.25, -0.2) is 9.07 Å². The van der Waals surface area contributed by atoms with Gasteiger partial charge in [0, 0.05) is 29.9 Å². The summed E-state index contributed by atoms with van der Waals surface area (Å²) < 4.78 is 14.9. The Hall–Kier alpha value is -3.05. The Balaban J connectivity index is 2.28. The number of hydrogen-bond acceptors (Lipinski definition) is 5. The van der Waals surface area contributed by atoms with Crippen molar-refractivity contribution in [3.05, 3.63) is 57.2 Å². The summed E-state index contributed by atoms with van der Waals surface area (Å²) >= 11 is 6.03. The standard InChI is InChI=1S/C13H5ClFN5O2/c14-10-2-9(20(21)22)1-7(3-16)13(10)19-6-8-4-17-5-11(15)12(8)18-19/h1-2,4-6H. The first-order chi connectivity index (χ1) is 10.5. The van der Waals surface area contributed by atoms with Gasteiger partial charge in [0.2, 0.25) is 0 Å². The Kier molecular flexibility index (Phi) is 3.19. The van der Waals surface area contributed by atoms with Crippen LogP contribution in [0.5, 0.6) is 0 Å². The molecule has 0 amide bonds. The van der Waals surface area contributed by atoms with E-state index in [0.29, 0.717) is 5.39 Å². The molecule has 9 heteroatoms. The summed E-state index contributed by atoms with van der Waals surface area (Å²) in [6.45, 7) is 0. The molecule has 7 nitrogen and oxygen atoms in total. The monoisotopic (exact) mass is 317 g/mol. The Bertz CT molecular complexity index is 963. The molecule has 1 aromatic carbocycles. The van der Waals surface area contributed by atoms with Crippen molar-refractivity contribution in [1.29, 1.82) is 5.26 Å². The van der Waals surface area contributed by atoms with Crippen molar-refractivity contribution in [3.63, 3.8) is 0 Å². The molecule has 0 atom stereocenters. The number of nitro groups is 1. The van der Waals surface area contributed by atoms with Crippen LogP contribution in [0.25, 0.3) is 16.6 Å². The summed E-state index contributed by atoms with van der Waals surface area (Å²) in [5.74, 6) is -0.618. The number of benzene rings is 1. The minimum atomic E-state index is -0.653. The lowest BCUT2D eigenvalue weighted by Gasteiger charge is -2.06. The van der Waals surface area contributed by atoms with E-state index in [0.717, 1.165) is 18.3 Å². The lowest BCUT2D eigenvalue weighted by molar-refractivity contribution is -0.384. The molecule has 2 heterocycles. The van der Waals surface area contributed by atoms with Gasteiger partial charge in [-0.1, -0.05) is 11.6 Å². The van der Waals surface area contributed by atoms with Crippen LogP contribution in [-0.4, -0.2) is 19.7 Å². The van der Waals surface area contributed by atoms with Gasteiger partial charge in [0.15, 0.2) is 5.82 Å². The third-order valence-electron chi connectivity index (χ3n) is 2.98. The van der Waals surface area contributed by atoms with Crippen molar-refractivity contribution in [2.75, 3.05) is 0 Å². The topological polar surface area (TPSA) is 97.6 Å². The molecule has 0 fully saturated rings. The van der Waals surface area contributed by atoms with E-state index in [1.54, 1.807) is 0 Å². The summed E-state index contributed by atoms with van der Waals surface area (Å²) in [6, 6.07) is 4.03. The molecule has 0 saturated carbocycles. The quantitative estimate of drug-likeness (QED) is 0.534. The number of non-ortho nitro benzene ring substituents is 1. The number of aromatic nitrogens is 3. The van der Waals surface area contributed by atoms with Gasteiger partial charge < -0.3 is 0 Å². The van der Waals surface area contributed by atoms with E-state index in [1.807, 2.05) is 6.07 Å². The molecule has 3 aromatic rings. The van der Waals surface area contributed by atoms with Crippen LogP contribution >= 0.6 is 11.6 Å². The number of pyridine rings is 1. The van der Waals surface area contributed by atoms with Crippen molar-refractivity contribution >= 4 is 28.2 Å². The van der Waals surface area contributed by atoms with E-state index in [9.17, 15) is 19.8 Å². The molecule has 0 saturated heterocycles. The summed E-state index contributed by atoms with van der Waals surface area (Å²) in [4.78, 5) is 13.9. The number of fused-ring (bicyclic) bond motifs is 1. The smallest absolute Gasteiger partial charge is 0.261 e. The second kappa shape index (κ2) is 5.05. The normalized spacial score (nSPS) is 10.6. The van der Waals surface area contributed by atoms with Crippen LogP contribution in [-0.2, 0) is 0 Å². The van der Waals surface area contributed by atoms with E-state index < -0.39 is 10.7 Å². The van der Waals surface area contributed by atoms with Crippen molar-refractivity contribution in [2.24, 2.45) is 0 Å². The van der Waals surface area contributed by atoms with Crippen LogP contribution in [0.3, 0.4) is 0 Å². The SMILES string of the molecule is N#Cc1cc([N+](=O)[O-])cc(Cl)c1-n1cc2cncc(F)c2n1. The molecule has 0 spiro atoms. The van der Waals surface area contributed by atoms with E-state index in [1.165, 1.54) is 17.1 Å². The molecule has 0 bridgehead atoms. The number of rotatable bonds is 2. The summed E-state index contributed by atoms with van der Waals surface area (Å²) in [6.07, 6.45) is 3.87. The molecular weight excluding hydrogens is 313 g/mol. The predicted molar refractivity (Wildman–Crippen MR) is 75.2 cm³/mol. The third kappa shape index (κ3) is 2.13. The van der Waals surface area contributed by atoms with E-state index in [2.05, 4.69) is 10.1 Å². The van der Waals surface area contributed by atoms with Crippen LogP contribution in [0.2, 0.25) is 5.02 Å². The van der Waals surface area contributed by atoms with Gasteiger partial charge in [-0.15, -0.1) is 0 Å². The first kappa shape index (κ1) is 13.9. The van der Waals surface area contributed by atoms with Crippen LogP contribution in [0.1, 0.15) is 5.56 Å². The average Bonchev–Trinajstić information content (AvgIpc) is 2.91. The molecule has 0 unspecified atom stereocenters. The predicted octanol–water partition coefficient (Wildman–Crippen LogP) is 2.99. The highest BCUT2D eigenvalue weighted by Crippen LogP contribution is 2.30. The van der Waals surface area contributed by atoms with Gasteiger partial charge in [-0.3, -0.25) is 15.1 Å². The molecular formula is C13H5ClFN5O2. The Morgan fingerprint density at radius 1 is 1.41 bits per heavy atom. The van der Waals surface area contributed by atoms with Crippen molar-refractivity contribution in [1.82, 2.24) is 14.8 Å². The Morgan fingerprint density at radius 3 is 2.82 bits per heavy atom. The van der Waals surface area contributed by atoms with Crippen molar-refractivity contribution in [2.45, 2.75) is 0 Å². The zero-order chi connectivity index (χ0) is 15.9. The minimum Gasteiger partial charge on any atom is -0.261 e.